The van der Waals surface area contributed by atoms with Crippen molar-refractivity contribution in [1.82, 2.24) is 5.32 Å². The third-order valence-corrected chi connectivity index (χ3v) is 3.53. The standard InChI is InChI=1S/C12H15BrFN/c13-10-6-4-5-9(12(10)14)11-7-2-1-3-8-15-11/h4-6,11,15H,1-3,7-8H2. The van der Waals surface area contributed by atoms with Gasteiger partial charge in [-0.05, 0) is 41.4 Å². The van der Waals surface area contributed by atoms with Crippen molar-refractivity contribution in [2.24, 2.45) is 0 Å². The van der Waals surface area contributed by atoms with Gasteiger partial charge in [0.2, 0.25) is 0 Å². The summed E-state index contributed by atoms with van der Waals surface area (Å²) < 4.78 is 14.4. The molecule has 1 aromatic carbocycles. The van der Waals surface area contributed by atoms with Gasteiger partial charge in [-0.1, -0.05) is 25.0 Å². The van der Waals surface area contributed by atoms with Crippen LogP contribution in [0.3, 0.4) is 0 Å². The SMILES string of the molecule is Fc1c(Br)cccc1C1CCCCCN1. The lowest BCUT2D eigenvalue weighted by Gasteiger charge is -2.17. The van der Waals surface area contributed by atoms with E-state index < -0.39 is 0 Å². The van der Waals surface area contributed by atoms with E-state index in [0.717, 1.165) is 18.5 Å². The molecule has 1 saturated heterocycles. The van der Waals surface area contributed by atoms with E-state index in [0.29, 0.717) is 4.47 Å². The topological polar surface area (TPSA) is 12.0 Å². The first-order valence-electron chi connectivity index (χ1n) is 5.46. The van der Waals surface area contributed by atoms with E-state index in [1.165, 1.54) is 19.3 Å². The summed E-state index contributed by atoms with van der Waals surface area (Å²) in [6.07, 6.45) is 4.67. The van der Waals surface area contributed by atoms with Gasteiger partial charge in [-0.15, -0.1) is 0 Å². The van der Waals surface area contributed by atoms with Gasteiger partial charge in [-0.3, -0.25) is 0 Å². The van der Waals surface area contributed by atoms with Crippen LogP contribution in [0.25, 0.3) is 0 Å². The molecule has 0 aliphatic carbocycles. The van der Waals surface area contributed by atoms with Crippen molar-refractivity contribution in [2.45, 2.75) is 31.7 Å². The van der Waals surface area contributed by atoms with Crippen molar-refractivity contribution in [3.63, 3.8) is 0 Å². The molecular formula is C12H15BrFN. The second-order valence-electron chi connectivity index (χ2n) is 4.00. The Morgan fingerprint density at radius 2 is 2.13 bits per heavy atom. The Kier molecular flexibility index (Phi) is 3.76. The third-order valence-electron chi connectivity index (χ3n) is 2.92. The summed E-state index contributed by atoms with van der Waals surface area (Å²) in [6.45, 7) is 0.997. The zero-order valence-electron chi connectivity index (χ0n) is 8.60. The predicted octanol–water partition coefficient (Wildman–Crippen LogP) is 3.79. The van der Waals surface area contributed by atoms with E-state index in [2.05, 4.69) is 21.2 Å². The molecule has 0 amide bonds. The van der Waals surface area contributed by atoms with Crippen LogP contribution in [-0.4, -0.2) is 6.54 Å². The molecule has 0 spiro atoms. The maximum absolute atomic E-state index is 13.8. The second kappa shape index (κ2) is 5.08. The van der Waals surface area contributed by atoms with Crippen molar-refractivity contribution < 1.29 is 4.39 Å². The quantitative estimate of drug-likeness (QED) is 0.820. The van der Waals surface area contributed by atoms with Gasteiger partial charge in [-0.2, -0.15) is 0 Å². The molecule has 3 heteroatoms. The highest BCUT2D eigenvalue weighted by Crippen LogP contribution is 2.28. The van der Waals surface area contributed by atoms with Gasteiger partial charge in [0, 0.05) is 11.6 Å². The van der Waals surface area contributed by atoms with Crippen LogP contribution in [-0.2, 0) is 0 Å². The molecule has 1 nitrogen and oxygen atoms in total. The molecule has 2 rings (SSSR count). The predicted molar refractivity (Wildman–Crippen MR) is 63.3 cm³/mol. The fourth-order valence-corrected chi connectivity index (χ4v) is 2.47. The summed E-state index contributed by atoms with van der Waals surface area (Å²) in [5.41, 5.74) is 0.797. The lowest BCUT2D eigenvalue weighted by atomic mass is 10.0. The Bertz CT molecular complexity index is 332. The molecule has 0 bridgehead atoms. The first-order valence-corrected chi connectivity index (χ1v) is 6.25. The minimum absolute atomic E-state index is 0.114. The molecule has 15 heavy (non-hydrogen) atoms. The molecule has 1 N–H and O–H groups in total. The van der Waals surface area contributed by atoms with Crippen LogP contribution in [0.5, 0.6) is 0 Å². The Morgan fingerprint density at radius 3 is 3.00 bits per heavy atom. The molecule has 1 aliphatic rings. The number of nitrogens with one attached hydrogen (secondary N) is 1. The van der Waals surface area contributed by atoms with Crippen LogP contribution in [0.2, 0.25) is 0 Å². The van der Waals surface area contributed by atoms with Crippen LogP contribution in [0.4, 0.5) is 4.39 Å². The van der Waals surface area contributed by atoms with E-state index in [9.17, 15) is 4.39 Å². The summed E-state index contributed by atoms with van der Waals surface area (Å²) in [5.74, 6) is -0.114. The maximum Gasteiger partial charge on any atom is 0.142 e. The van der Waals surface area contributed by atoms with Crippen molar-refractivity contribution in [2.75, 3.05) is 6.54 Å². The van der Waals surface area contributed by atoms with E-state index in [-0.39, 0.29) is 11.9 Å². The van der Waals surface area contributed by atoms with Gasteiger partial charge >= 0.3 is 0 Å². The molecule has 1 unspecified atom stereocenters. The first-order chi connectivity index (χ1) is 7.29. The van der Waals surface area contributed by atoms with Gasteiger partial charge in [0.15, 0.2) is 0 Å². The van der Waals surface area contributed by atoms with Crippen LogP contribution < -0.4 is 5.32 Å². The Labute approximate surface area is 98.2 Å². The largest absolute Gasteiger partial charge is 0.310 e. The van der Waals surface area contributed by atoms with Gasteiger partial charge in [-0.25, -0.2) is 4.39 Å². The molecule has 1 heterocycles. The average Bonchev–Trinajstić information content (AvgIpc) is 2.50. The molecule has 1 aliphatic heterocycles. The summed E-state index contributed by atoms with van der Waals surface area (Å²) in [7, 11) is 0. The lowest BCUT2D eigenvalue weighted by Crippen LogP contribution is -2.21. The molecule has 0 aromatic heterocycles. The fraction of sp³-hybridized carbons (Fsp3) is 0.500. The maximum atomic E-state index is 13.8. The molecule has 1 atom stereocenters. The molecule has 0 radical (unpaired) electrons. The fourth-order valence-electron chi connectivity index (χ4n) is 2.08. The molecule has 1 aromatic rings. The molecule has 1 fully saturated rings. The van der Waals surface area contributed by atoms with E-state index >= 15 is 0 Å². The van der Waals surface area contributed by atoms with Gasteiger partial charge in [0.1, 0.15) is 5.82 Å². The Morgan fingerprint density at radius 1 is 1.27 bits per heavy atom. The smallest absolute Gasteiger partial charge is 0.142 e. The van der Waals surface area contributed by atoms with Crippen LogP contribution in [0.15, 0.2) is 22.7 Å². The number of hydrogen-bond donors (Lipinski definition) is 1. The minimum Gasteiger partial charge on any atom is -0.310 e. The Balaban J connectivity index is 2.23. The normalized spacial score (nSPS) is 22.4. The highest BCUT2D eigenvalue weighted by molar-refractivity contribution is 9.10. The van der Waals surface area contributed by atoms with Crippen molar-refractivity contribution in [3.8, 4) is 0 Å². The second-order valence-corrected chi connectivity index (χ2v) is 4.85. The van der Waals surface area contributed by atoms with Crippen molar-refractivity contribution in [1.29, 1.82) is 0 Å². The minimum atomic E-state index is -0.114. The summed E-state index contributed by atoms with van der Waals surface area (Å²) in [5, 5.41) is 3.41. The van der Waals surface area contributed by atoms with E-state index in [4.69, 9.17) is 0 Å². The van der Waals surface area contributed by atoms with E-state index in [1.807, 2.05) is 12.1 Å². The average molecular weight is 272 g/mol. The third kappa shape index (κ3) is 2.58. The van der Waals surface area contributed by atoms with Crippen LogP contribution in [0, 0.1) is 5.82 Å². The van der Waals surface area contributed by atoms with Gasteiger partial charge in [0.05, 0.1) is 4.47 Å². The molecule has 82 valence electrons. The summed E-state index contributed by atoms with van der Waals surface area (Å²) in [6, 6.07) is 5.71. The summed E-state index contributed by atoms with van der Waals surface area (Å²) >= 11 is 3.23. The number of benzene rings is 1. The zero-order valence-corrected chi connectivity index (χ0v) is 10.2. The highest BCUT2D eigenvalue weighted by atomic mass is 79.9. The monoisotopic (exact) mass is 271 g/mol. The van der Waals surface area contributed by atoms with Crippen molar-refractivity contribution >= 4 is 15.9 Å². The van der Waals surface area contributed by atoms with Crippen molar-refractivity contribution in [3.05, 3.63) is 34.1 Å². The first kappa shape index (κ1) is 11.1. The molecule has 0 saturated carbocycles. The van der Waals surface area contributed by atoms with Gasteiger partial charge < -0.3 is 5.32 Å². The van der Waals surface area contributed by atoms with Crippen LogP contribution >= 0.6 is 15.9 Å². The number of rotatable bonds is 1. The van der Waals surface area contributed by atoms with Crippen LogP contribution in [0.1, 0.15) is 37.3 Å². The highest BCUT2D eigenvalue weighted by Gasteiger charge is 2.18. The lowest BCUT2D eigenvalue weighted by molar-refractivity contribution is 0.497. The Hall–Kier alpha value is -0.410. The number of hydrogen-bond acceptors (Lipinski definition) is 1. The van der Waals surface area contributed by atoms with Gasteiger partial charge in [0.25, 0.3) is 0 Å². The number of halogens is 2. The summed E-state index contributed by atoms with van der Waals surface area (Å²) in [4.78, 5) is 0. The zero-order chi connectivity index (χ0) is 10.7. The molecular weight excluding hydrogens is 257 g/mol. The van der Waals surface area contributed by atoms with E-state index in [1.54, 1.807) is 6.07 Å².